The van der Waals surface area contributed by atoms with E-state index in [2.05, 4.69) is 5.32 Å². The lowest BCUT2D eigenvalue weighted by atomic mass is 9.91. The lowest BCUT2D eigenvalue weighted by Crippen LogP contribution is -2.57. The lowest BCUT2D eigenvalue weighted by molar-refractivity contribution is -0.148. The van der Waals surface area contributed by atoms with Crippen LogP contribution in [0.5, 0.6) is 0 Å². The van der Waals surface area contributed by atoms with Gasteiger partial charge in [-0.3, -0.25) is 4.79 Å². The number of nitrogens with one attached hydrogen (secondary N) is 1. The molecule has 17 heavy (non-hydrogen) atoms. The van der Waals surface area contributed by atoms with Gasteiger partial charge >= 0.3 is 5.97 Å². The Kier molecular flexibility index (Phi) is 3.14. The first-order valence-corrected chi connectivity index (χ1v) is 7.16. The summed E-state index contributed by atoms with van der Waals surface area (Å²) < 4.78 is 0. The molecule has 1 aliphatic carbocycles. The quantitative estimate of drug-likeness (QED) is 0.804. The normalized spacial score (nSPS) is 29.4. The number of hydrogen-bond acceptors (Lipinski definition) is 3. The van der Waals surface area contributed by atoms with E-state index in [1.165, 1.54) is 0 Å². The summed E-state index contributed by atoms with van der Waals surface area (Å²) in [5.74, 6) is 0.642. The number of amides is 1. The second-order valence-electron chi connectivity index (χ2n) is 5.73. The van der Waals surface area contributed by atoms with Gasteiger partial charge in [0.05, 0.1) is 0 Å². The maximum Gasteiger partial charge on any atom is 0.329 e. The monoisotopic (exact) mass is 257 g/mol. The van der Waals surface area contributed by atoms with Gasteiger partial charge in [-0.05, 0) is 36.2 Å². The van der Waals surface area contributed by atoms with Crippen LogP contribution in [0.1, 0.15) is 33.1 Å². The smallest absolute Gasteiger partial charge is 0.329 e. The fourth-order valence-corrected chi connectivity index (χ4v) is 3.54. The molecule has 1 heterocycles. The largest absolute Gasteiger partial charge is 0.480 e. The van der Waals surface area contributed by atoms with E-state index in [9.17, 15) is 14.7 Å². The van der Waals surface area contributed by atoms with Gasteiger partial charge in [-0.15, -0.1) is 0 Å². The van der Waals surface area contributed by atoms with E-state index in [1.807, 2.05) is 13.8 Å². The molecule has 1 amide bonds. The van der Waals surface area contributed by atoms with Crippen molar-refractivity contribution in [2.24, 2.45) is 11.3 Å². The summed E-state index contributed by atoms with van der Waals surface area (Å²) in [5, 5.41) is 12.1. The van der Waals surface area contributed by atoms with Crippen LogP contribution in [0.25, 0.3) is 0 Å². The minimum absolute atomic E-state index is 0.00620. The molecule has 1 saturated carbocycles. The van der Waals surface area contributed by atoms with E-state index in [0.717, 1.165) is 17.9 Å². The van der Waals surface area contributed by atoms with Gasteiger partial charge in [0.2, 0.25) is 5.91 Å². The number of thioether (sulfide) groups is 1. The maximum absolute atomic E-state index is 12.0. The molecule has 0 spiro atoms. The second-order valence-corrected chi connectivity index (χ2v) is 6.96. The van der Waals surface area contributed by atoms with Crippen molar-refractivity contribution >= 4 is 23.6 Å². The Morgan fingerprint density at radius 3 is 2.24 bits per heavy atom. The third-order valence-electron chi connectivity index (χ3n) is 3.95. The molecule has 5 heteroatoms. The number of rotatable bonds is 3. The van der Waals surface area contributed by atoms with Crippen molar-refractivity contribution < 1.29 is 14.7 Å². The summed E-state index contributed by atoms with van der Waals surface area (Å²) in [6, 6.07) is 0. The van der Waals surface area contributed by atoms with Gasteiger partial charge in [0.25, 0.3) is 0 Å². The molecule has 0 unspecified atom stereocenters. The zero-order chi connectivity index (χ0) is 12.7. The highest BCUT2D eigenvalue weighted by atomic mass is 32.2. The molecule has 2 N–H and O–H groups in total. The third kappa shape index (κ3) is 2.44. The summed E-state index contributed by atoms with van der Waals surface area (Å²) in [5.41, 5.74) is -0.964. The number of carboxylic acids is 1. The van der Waals surface area contributed by atoms with Gasteiger partial charge in [0, 0.05) is 5.92 Å². The topological polar surface area (TPSA) is 66.4 Å². The Hall–Kier alpha value is -0.710. The summed E-state index contributed by atoms with van der Waals surface area (Å²) >= 11 is 1.75. The van der Waals surface area contributed by atoms with Crippen molar-refractivity contribution in [3.8, 4) is 0 Å². The maximum atomic E-state index is 12.0. The highest BCUT2D eigenvalue weighted by Gasteiger charge is 2.53. The highest BCUT2D eigenvalue weighted by molar-refractivity contribution is 7.99. The van der Waals surface area contributed by atoms with Gasteiger partial charge in [-0.1, -0.05) is 13.8 Å². The van der Waals surface area contributed by atoms with E-state index in [0.29, 0.717) is 12.8 Å². The molecular weight excluding hydrogens is 238 g/mol. The zero-order valence-corrected chi connectivity index (χ0v) is 11.1. The van der Waals surface area contributed by atoms with E-state index in [-0.39, 0.29) is 17.2 Å². The zero-order valence-electron chi connectivity index (χ0n) is 10.3. The molecule has 1 atom stereocenters. The van der Waals surface area contributed by atoms with Gasteiger partial charge in [-0.25, -0.2) is 4.79 Å². The predicted octanol–water partition coefficient (Wildman–Crippen LogP) is 1.50. The van der Waals surface area contributed by atoms with Crippen LogP contribution in [0.3, 0.4) is 0 Å². The molecule has 0 aromatic carbocycles. The molecule has 0 aromatic heterocycles. The highest BCUT2D eigenvalue weighted by Crippen LogP contribution is 2.52. The Bertz CT molecular complexity index is 348. The Labute approximate surface area is 106 Å². The molecular formula is C12H19NO3S. The van der Waals surface area contributed by atoms with E-state index in [1.54, 1.807) is 11.8 Å². The van der Waals surface area contributed by atoms with Gasteiger partial charge < -0.3 is 10.4 Å². The molecule has 4 nitrogen and oxygen atoms in total. The number of carbonyl (C=O) groups is 2. The summed E-state index contributed by atoms with van der Waals surface area (Å²) in [7, 11) is 0. The third-order valence-corrected chi connectivity index (χ3v) is 4.93. The van der Waals surface area contributed by atoms with Crippen LogP contribution in [-0.4, -0.2) is 34.0 Å². The Morgan fingerprint density at radius 2 is 1.82 bits per heavy atom. The number of hydrogen-bond donors (Lipinski definition) is 2. The van der Waals surface area contributed by atoms with E-state index < -0.39 is 11.5 Å². The van der Waals surface area contributed by atoms with Crippen LogP contribution in [0.2, 0.25) is 0 Å². The van der Waals surface area contributed by atoms with Gasteiger partial charge in [-0.2, -0.15) is 11.8 Å². The van der Waals surface area contributed by atoms with Crippen molar-refractivity contribution in [2.45, 2.75) is 38.6 Å². The average molecular weight is 257 g/mol. The summed E-state index contributed by atoms with van der Waals surface area (Å²) in [4.78, 5) is 23.4. The van der Waals surface area contributed by atoms with Crippen LogP contribution in [0.15, 0.2) is 0 Å². The van der Waals surface area contributed by atoms with Crippen LogP contribution in [0, 0.1) is 11.3 Å². The van der Waals surface area contributed by atoms with Crippen LogP contribution in [-0.2, 0) is 9.59 Å². The molecule has 0 radical (unpaired) electrons. The number of carbonyl (C=O) groups excluding carboxylic acids is 1. The standard InChI is InChI=1S/C12H19NO3S/c1-11(2)7-8(11)9(14)13-12(10(15)16)3-5-17-6-4-12/h8H,3-7H2,1-2H3,(H,13,14)(H,15,16)/t8-/m1/s1. The first-order valence-electron chi connectivity index (χ1n) is 6.01. The second kappa shape index (κ2) is 4.19. The first kappa shape index (κ1) is 12.7. The van der Waals surface area contributed by atoms with Gasteiger partial charge in [0.15, 0.2) is 0 Å². The van der Waals surface area contributed by atoms with Crippen molar-refractivity contribution in [3.05, 3.63) is 0 Å². The predicted molar refractivity (Wildman–Crippen MR) is 67.0 cm³/mol. The SMILES string of the molecule is CC1(C)C[C@@H]1C(=O)NC1(C(=O)O)CCSCC1. The number of carboxylic acid groups (broad SMARTS) is 1. The fraction of sp³-hybridized carbons (Fsp3) is 0.833. The van der Waals surface area contributed by atoms with Gasteiger partial charge in [0.1, 0.15) is 5.54 Å². The van der Waals surface area contributed by atoms with Crippen LogP contribution in [0.4, 0.5) is 0 Å². The molecule has 2 fully saturated rings. The van der Waals surface area contributed by atoms with E-state index >= 15 is 0 Å². The van der Waals surface area contributed by atoms with Crippen LogP contribution < -0.4 is 5.32 Å². The summed E-state index contributed by atoms with van der Waals surface area (Å²) in [6.07, 6.45) is 1.93. The average Bonchev–Trinajstić information content (AvgIpc) is 2.89. The minimum Gasteiger partial charge on any atom is -0.480 e. The fourth-order valence-electron chi connectivity index (χ4n) is 2.35. The van der Waals surface area contributed by atoms with Crippen molar-refractivity contribution in [1.29, 1.82) is 0 Å². The first-order chi connectivity index (χ1) is 7.87. The van der Waals surface area contributed by atoms with Crippen LogP contribution >= 0.6 is 11.8 Å². The molecule has 2 aliphatic rings. The molecule has 2 rings (SSSR count). The van der Waals surface area contributed by atoms with Crippen molar-refractivity contribution in [3.63, 3.8) is 0 Å². The van der Waals surface area contributed by atoms with Crippen molar-refractivity contribution in [1.82, 2.24) is 5.32 Å². The molecule has 1 saturated heterocycles. The minimum atomic E-state index is -1.01. The Balaban J connectivity index is 2.03. The lowest BCUT2D eigenvalue weighted by Gasteiger charge is -2.33. The van der Waals surface area contributed by atoms with Crippen molar-refractivity contribution in [2.75, 3.05) is 11.5 Å². The molecule has 96 valence electrons. The van der Waals surface area contributed by atoms with E-state index in [4.69, 9.17) is 0 Å². The number of aliphatic carboxylic acids is 1. The summed E-state index contributed by atoms with van der Waals surface area (Å²) in [6.45, 7) is 4.09. The molecule has 0 aromatic rings. The Morgan fingerprint density at radius 1 is 1.29 bits per heavy atom. The molecule has 0 bridgehead atoms. The molecule has 1 aliphatic heterocycles.